The number of benzene rings is 1. The molecule has 0 radical (unpaired) electrons. The molecule has 0 bridgehead atoms. The van der Waals surface area contributed by atoms with Crippen LogP contribution in [-0.2, 0) is 11.0 Å². The van der Waals surface area contributed by atoms with Crippen LogP contribution in [0.4, 0.5) is 0 Å². The van der Waals surface area contributed by atoms with E-state index in [-0.39, 0.29) is 0 Å². The van der Waals surface area contributed by atoms with Crippen molar-refractivity contribution in [2.45, 2.75) is 4.90 Å². The third kappa shape index (κ3) is 1.48. The van der Waals surface area contributed by atoms with Crippen LogP contribution in [0, 0.1) is 5.53 Å². The molecule has 0 aliphatic rings. The lowest BCUT2D eigenvalue weighted by Gasteiger charge is -1.89. The molecule has 0 aromatic heterocycles. The molecule has 1 unspecified atom stereocenters. The Labute approximate surface area is 61.2 Å². The van der Waals surface area contributed by atoms with E-state index in [0.29, 0.717) is 4.90 Å². The summed E-state index contributed by atoms with van der Waals surface area (Å²) in [6.45, 7) is 0. The Morgan fingerprint density at radius 1 is 1.30 bits per heavy atom. The van der Waals surface area contributed by atoms with Crippen LogP contribution in [0.1, 0.15) is 0 Å². The molecule has 0 aliphatic heterocycles. The van der Waals surface area contributed by atoms with Gasteiger partial charge in [-0.2, -0.15) is 5.53 Å². The number of nitrogens with zero attached hydrogens (tertiary/aromatic N) is 1. The minimum Gasteiger partial charge on any atom is -0.228 e. The second kappa shape index (κ2) is 3.22. The van der Waals surface area contributed by atoms with Gasteiger partial charge in [-0.25, -0.2) is 4.21 Å². The van der Waals surface area contributed by atoms with E-state index >= 15 is 0 Å². The van der Waals surface area contributed by atoms with Gasteiger partial charge in [0.2, 0.25) is 0 Å². The van der Waals surface area contributed by atoms with E-state index in [4.69, 9.17) is 5.53 Å². The molecule has 0 heterocycles. The van der Waals surface area contributed by atoms with E-state index in [2.05, 4.69) is 4.52 Å². The molecule has 0 spiro atoms. The smallest absolute Gasteiger partial charge is 0.191 e. The zero-order valence-electron chi connectivity index (χ0n) is 5.15. The summed E-state index contributed by atoms with van der Waals surface area (Å²) in [7, 11) is -1.50. The summed E-state index contributed by atoms with van der Waals surface area (Å²) < 4.78 is 13.7. The van der Waals surface area contributed by atoms with Gasteiger partial charge in [-0.3, -0.25) is 0 Å². The minimum atomic E-state index is -1.50. The van der Waals surface area contributed by atoms with Crippen LogP contribution >= 0.6 is 0 Å². The van der Waals surface area contributed by atoms with Crippen molar-refractivity contribution in [2.24, 2.45) is 4.52 Å². The molecule has 10 heavy (non-hydrogen) atoms. The minimum absolute atomic E-state index is 0.567. The number of hydrogen-bond acceptors (Lipinski definition) is 2. The quantitative estimate of drug-likeness (QED) is 0.648. The number of nitrogens with one attached hydrogen (secondary N) is 1. The van der Waals surface area contributed by atoms with E-state index in [0.717, 1.165) is 0 Å². The van der Waals surface area contributed by atoms with Crippen LogP contribution < -0.4 is 0 Å². The molecule has 1 atom stereocenters. The van der Waals surface area contributed by atoms with Gasteiger partial charge in [-0.1, -0.05) is 22.7 Å². The van der Waals surface area contributed by atoms with Crippen molar-refractivity contribution < 1.29 is 4.21 Å². The van der Waals surface area contributed by atoms with Gasteiger partial charge in [0.15, 0.2) is 11.0 Å². The first-order valence-electron chi connectivity index (χ1n) is 2.69. The molecule has 3 nitrogen and oxygen atoms in total. The van der Waals surface area contributed by atoms with Gasteiger partial charge in [0.25, 0.3) is 0 Å². The third-order valence-corrected chi connectivity index (χ3v) is 1.87. The fourth-order valence-corrected chi connectivity index (χ4v) is 1.08. The highest BCUT2D eigenvalue weighted by Crippen LogP contribution is 2.04. The molecule has 0 saturated heterocycles. The highest BCUT2D eigenvalue weighted by molar-refractivity contribution is 7.83. The maximum Gasteiger partial charge on any atom is 0.191 e. The SMILES string of the molecule is N=NS(=O)c1ccccc1. The van der Waals surface area contributed by atoms with E-state index in [9.17, 15) is 4.21 Å². The van der Waals surface area contributed by atoms with Gasteiger partial charge in [-0.15, -0.1) is 0 Å². The standard InChI is InChI=1S/C6H6N2OS/c7-8-10(9)6-4-2-1-3-5-6/h1-5,7H. The fraction of sp³-hybridized carbons (Fsp3) is 0. The van der Waals surface area contributed by atoms with Crippen molar-refractivity contribution >= 4 is 11.0 Å². The van der Waals surface area contributed by atoms with Crippen LogP contribution in [0.5, 0.6) is 0 Å². The van der Waals surface area contributed by atoms with E-state index in [1.165, 1.54) is 0 Å². The van der Waals surface area contributed by atoms with Crippen LogP contribution in [0.3, 0.4) is 0 Å². The van der Waals surface area contributed by atoms with Crippen LogP contribution in [0.2, 0.25) is 0 Å². The lowest BCUT2D eigenvalue weighted by molar-refractivity contribution is 0.681. The Bertz CT molecular complexity index is 247. The first-order chi connectivity index (χ1) is 4.84. The van der Waals surface area contributed by atoms with Crippen molar-refractivity contribution in [3.05, 3.63) is 30.3 Å². The molecule has 1 aromatic carbocycles. The van der Waals surface area contributed by atoms with Gasteiger partial charge >= 0.3 is 0 Å². The normalized spacial score (nSPS) is 12.4. The molecule has 0 amide bonds. The maximum absolute atomic E-state index is 10.8. The van der Waals surface area contributed by atoms with Crippen molar-refractivity contribution in [3.8, 4) is 0 Å². The number of rotatable bonds is 2. The third-order valence-electron chi connectivity index (χ3n) is 1.03. The second-order valence-electron chi connectivity index (χ2n) is 1.65. The van der Waals surface area contributed by atoms with Crippen LogP contribution in [-0.4, -0.2) is 4.21 Å². The molecule has 0 aliphatic carbocycles. The summed E-state index contributed by atoms with van der Waals surface area (Å²) >= 11 is 0. The number of hydrogen-bond donors (Lipinski definition) is 1. The molecule has 1 N–H and O–H groups in total. The predicted octanol–water partition coefficient (Wildman–Crippen LogP) is 1.74. The van der Waals surface area contributed by atoms with E-state index in [1.807, 2.05) is 6.07 Å². The van der Waals surface area contributed by atoms with Crippen molar-refractivity contribution in [2.75, 3.05) is 0 Å². The monoisotopic (exact) mass is 154 g/mol. The van der Waals surface area contributed by atoms with E-state index in [1.54, 1.807) is 24.3 Å². The van der Waals surface area contributed by atoms with Gasteiger partial charge in [0.05, 0.1) is 4.90 Å². The van der Waals surface area contributed by atoms with Gasteiger partial charge in [-0.05, 0) is 12.1 Å². The Morgan fingerprint density at radius 2 is 1.90 bits per heavy atom. The Balaban J connectivity index is 2.95. The summed E-state index contributed by atoms with van der Waals surface area (Å²) in [6, 6.07) is 8.70. The predicted molar refractivity (Wildman–Crippen MR) is 38.0 cm³/mol. The van der Waals surface area contributed by atoms with Crippen LogP contribution in [0.15, 0.2) is 39.7 Å². The summed E-state index contributed by atoms with van der Waals surface area (Å²) in [5, 5.41) is 0. The average molecular weight is 154 g/mol. The topological polar surface area (TPSA) is 53.3 Å². The lowest BCUT2D eigenvalue weighted by atomic mass is 10.4. The average Bonchev–Trinajstić information content (AvgIpc) is 2.05. The zero-order valence-corrected chi connectivity index (χ0v) is 5.97. The summed E-state index contributed by atoms with van der Waals surface area (Å²) in [4.78, 5) is 0.567. The molecule has 0 saturated carbocycles. The Hall–Kier alpha value is -1.03. The molecule has 4 heteroatoms. The Morgan fingerprint density at radius 3 is 2.40 bits per heavy atom. The fourth-order valence-electron chi connectivity index (χ4n) is 0.590. The van der Waals surface area contributed by atoms with Gasteiger partial charge < -0.3 is 0 Å². The molecular weight excluding hydrogens is 148 g/mol. The maximum atomic E-state index is 10.8. The lowest BCUT2D eigenvalue weighted by Crippen LogP contribution is -1.82. The van der Waals surface area contributed by atoms with Crippen molar-refractivity contribution in [1.29, 1.82) is 5.53 Å². The summed E-state index contributed by atoms with van der Waals surface area (Å²) in [5.74, 6) is 0. The van der Waals surface area contributed by atoms with Crippen molar-refractivity contribution in [1.82, 2.24) is 0 Å². The molecule has 52 valence electrons. The second-order valence-corrected chi connectivity index (χ2v) is 2.81. The highest BCUT2D eigenvalue weighted by atomic mass is 32.2. The van der Waals surface area contributed by atoms with Crippen molar-refractivity contribution in [3.63, 3.8) is 0 Å². The van der Waals surface area contributed by atoms with E-state index < -0.39 is 11.0 Å². The highest BCUT2D eigenvalue weighted by Gasteiger charge is 1.96. The summed E-state index contributed by atoms with van der Waals surface area (Å²) in [5.41, 5.74) is 6.47. The largest absolute Gasteiger partial charge is 0.228 e. The molecular formula is C6H6N2OS. The molecule has 1 aromatic rings. The Kier molecular flexibility index (Phi) is 2.28. The summed E-state index contributed by atoms with van der Waals surface area (Å²) in [6.07, 6.45) is 0. The molecule has 1 rings (SSSR count). The van der Waals surface area contributed by atoms with Gasteiger partial charge in [0.1, 0.15) is 0 Å². The van der Waals surface area contributed by atoms with Crippen LogP contribution in [0.25, 0.3) is 0 Å². The first kappa shape index (κ1) is 7.08. The molecule has 0 fully saturated rings. The first-order valence-corrected chi connectivity index (χ1v) is 3.79. The zero-order chi connectivity index (χ0) is 7.40. The van der Waals surface area contributed by atoms with Gasteiger partial charge in [0, 0.05) is 0 Å².